The zero-order valence-electron chi connectivity index (χ0n) is 13.2. The molecule has 4 heteroatoms. The summed E-state index contributed by atoms with van der Waals surface area (Å²) in [5.74, 6) is 0. The van der Waals surface area contributed by atoms with Crippen LogP contribution >= 0.6 is 0 Å². The lowest BCUT2D eigenvalue weighted by molar-refractivity contribution is -0.191. The summed E-state index contributed by atoms with van der Waals surface area (Å²) in [6, 6.07) is 2.67. The van der Waals surface area contributed by atoms with Crippen molar-refractivity contribution in [3.8, 4) is 0 Å². The van der Waals surface area contributed by atoms with Gasteiger partial charge < -0.3 is 9.47 Å². The summed E-state index contributed by atoms with van der Waals surface area (Å²) in [7, 11) is -0.981. The van der Waals surface area contributed by atoms with Gasteiger partial charge in [-0.1, -0.05) is 51.5 Å². The minimum Gasteiger partial charge on any atom is -0.342 e. The maximum absolute atomic E-state index is 5.97. The summed E-state index contributed by atoms with van der Waals surface area (Å²) < 4.78 is 11.9. The Labute approximate surface area is 121 Å². The average molecular weight is 288 g/mol. The van der Waals surface area contributed by atoms with Crippen molar-refractivity contribution in [2.45, 2.75) is 76.9 Å². The highest BCUT2D eigenvalue weighted by molar-refractivity contribution is 6.62. The first kappa shape index (κ1) is 17.1. The van der Waals surface area contributed by atoms with Crippen molar-refractivity contribution in [3.05, 3.63) is 0 Å². The van der Waals surface area contributed by atoms with E-state index in [1.165, 1.54) is 50.6 Å². The second-order valence-electron chi connectivity index (χ2n) is 5.50. The molecule has 0 aromatic heterocycles. The van der Waals surface area contributed by atoms with E-state index in [0.29, 0.717) is 0 Å². The lowest BCUT2D eigenvalue weighted by atomic mass is 10.1. The molecule has 0 amide bonds. The third kappa shape index (κ3) is 5.54. The molecular weight excluding hydrogens is 254 g/mol. The molecule has 1 heterocycles. The number of hydrogen-bond donors (Lipinski definition) is 1. The van der Waals surface area contributed by atoms with Gasteiger partial charge >= 0.3 is 0 Å². The van der Waals surface area contributed by atoms with E-state index in [1.807, 2.05) is 0 Å². The smallest absolute Gasteiger partial charge is 0.201 e. The number of ether oxygens (including phenoxy) is 2. The summed E-state index contributed by atoms with van der Waals surface area (Å²) in [6.45, 7) is 8.97. The van der Waals surface area contributed by atoms with Gasteiger partial charge in [-0.3, -0.25) is 5.32 Å². The van der Waals surface area contributed by atoms with E-state index in [2.05, 4.69) is 26.1 Å². The predicted molar refractivity (Wildman–Crippen MR) is 84.1 cm³/mol. The number of rotatable bonds is 11. The number of hydrogen-bond acceptors (Lipinski definition) is 3. The molecule has 1 atom stereocenters. The summed E-state index contributed by atoms with van der Waals surface area (Å²) in [5, 5.41) is 3.50. The minimum atomic E-state index is -0.981. The molecule has 114 valence electrons. The van der Waals surface area contributed by atoms with Crippen molar-refractivity contribution in [2.75, 3.05) is 19.8 Å². The van der Waals surface area contributed by atoms with Crippen molar-refractivity contribution < 1.29 is 9.47 Å². The van der Waals surface area contributed by atoms with Gasteiger partial charge in [0.1, 0.15) is 8.80 Å². The molecule has 1 unspecified atom stereocenters. The Balaban J connectivity index is 2.29. The largest absolute Gasteiger partial charge is 0.342 e. The molecule has 0 spiro atoms. The molecule has 1 rings (SSSR count). The van der Waals surface area contributed by atoms with Crippen LogP contribution in [0.2, 0.25) is 12.1 Å². The molecule has 0 saturated carbocycles. The fourth-order valence-corrected chi connectivity index (χ4v) is 6.63. The SMILES string of the molecule is CCCCCCCC[SiH]1CCNC1(OCC)OCC. The van der Waals surface area contributed by atoms with Gasteiger partial charge in [0, 0.05) is 13.2 Å². The summed E-state index contributed by atoms with van der Waals surface area (Å²) in [5.41, 5.74) is -0.354. The molecule has 1 aliphatic heterocycles. The van der Waals surface area contributed by atoms with E-state index < -0.39 is 8.80 Å². The van der Waals surface area contributed by atoms with E-state index in [1.54, 1.807) is 0 Å². The first-order chi connectivity index (χ1) is 9.29. The van der Waals surface area contributed by atoms with Crippen molar-refractivity contribution in [2.24, 2.45) is 0 Å². The van der Waals surface area contributed by atoms with Gasteiger partial charge in [0.05, 0.1) is 0 Å². The topological polar surface area (TPSA) is 30.5 Å². The molecule has 0 radical (unpaired) electrons. The van der Waals surface area contributed by atoms with E-state index >= 15 is 0 Å². The second kappa shape index (κ2) is 9.92. The highest BCUT2D eigenvalue weighted by Crippen LogP contribution is 2.27. The highest BCUT2D eigenvalue weighted by Gasteiger charge is 2.45. The number of unbranched alkanes of at least 4 members (excludes halogenated alkanes) is 5. The molecular formula is C15H33NO2Si. The summed E-state index contributed by atoms with van der Waals surface area (Å²) in [6.07, 6.45) is 8.28. The lowest BCUT2D eigenvalue weighted by Gasteiger charge is -2.34. The normalized spacial score (nSPS) is 21.9. The van der Waals surface area contributed by atoms with Gasteiger partial charge in [0.25, 0.3) is 0 Å². The fourth-order valence-electron chi connectivity index (χ4n) is 3.07. The predicted octanol–water partition coefficient (Wildman–Crippen LogP) is 3.44. The highest BCUT2D eigenvalue weighted by atomic mass is 28.3. The molecule has 1 fully saturated rings. The van der Waals surface area contributed by atoms with Gasteiger partial charge in [-0.25, -0.2) is 0 Å². The van der Waals surface area contributed by atoms with E-state index in [0.717, 1.165) is 19.8 Å². The first-order valence-electron chi connectivity index (χ1n) is 8.32. The maximum Gasteiger partial charge on any atom is 0.201 e. The van der Waals surface area contributed by atoms with Crippen molar-refractivity contribution >= 4 is 8.80 Å². The maximum atomic E-state index is 5.97. The molecule has 1 N–H and O–H groups in total. The molecule has 19 heavy (non-hydrogen) atoms. The summed E-state index contributed by atoms with van der Waals surface area (Å²) >= 11 is 0. The molecule has 3 nitrogen and oxygen atoms in total. The van der Waals surface area contributed by atoms with Crippen molar-refractivity contribution in [1.29, 1.82) is 0 Å². The molecule has 0 aliphatic carbocycles. The standard InChI is InChI=1S/C15H33NO2Si/c1-4-7-8-9-10-11-13-19-14-12-16-15(19,17-5-2)18-6-3/h16,19H,4-14H2,1-3H3. The van der Waals surface area contributed by atoms with Gasteiger partial charge in [-0.05, 0) is 26.4 Å². The van der Waals surface area contributed by atoms with Crippen LogP contribution < -0.4 is 5.32 Å². The van der Waals surface area contributed by atoms with Crippen molar-refractivity contribution in [3.63, 3.8) is 0 Å². The van der Waals surface area contributed by atoms with Crippen molar-refractivity contribution in [1.82, 2.24) is 5.32 Å². The molecule has 0 aromatic carbocycles. The Bertz CT molecular complexity index is 220. The Morgan fingerprint density at radius 2 is 1.58 bits per heavy atom. The Morgan fingerprint density at radius 1 is 0.947 bits per heavy atom. The fraction of sp³-hybridized carbons (Fsp3) is 1.00. The second-order valence-corrected chi connectivity index (χ2v) is 8.81. The van der Waals surface area contributed by atoms with Crippen LogP contribution in [0.25, 0.3) is 0 Å². The average Bonchev–Trinajstić information content (AvgIpc) is 2.78. The van der Waals surface area contributed by atoms with Crippen LogP contribution in [0, 0.1) is 0 Å². The third-order valence-electron chi connectivity index (χ3n) is 4.03. The van der Waals surface area contributed by atoms with Gasteiger partial charge in [0.2, 0.25) is 5.53 Å². The first-order valence-corrected chi connectivity index (χ1v) is 10.5. The van der Waals surface area contributed by atoms with Crippen LogP contribution in [-0.2, 0) is 9.47 Å². The Kier molecular flexibility index (Phi) is 8.95. The van der Waals surface area contributed by atoms with E-state index in [9.17, 15) is 0 Å². The van der Waals surface area contributed by atoms with E-state index in [4.69, 9.17) is 9.47 Å². The van der Waals surface area contributed by atoms with E-state index in [-0.39, 0.29) is 5.53 Å². The summed E-state index contributed by atoms with van der Waals surface area (Å²) in [4.78, 5) is 0. The zero-order valence-corrected chi connectivity index (χ0v) is 14.3. The number of nitrogens with one attached hydrogen (secondary N) is 1. The van der Waals surface area contributed by atoms with Crippen LogP contribution in [0.5, 0.6) is 0 Å². The molecule has 1 saturated heterocycles. The van der Waals surface area contributed by atoms with Gasteiger partial charge in [-0.15, -0.1) is 0 Å². The monoisotopic (exact) mass is 287 g/mol. The Morgan fingerprint density at radius 3 is 2.21 bits per heavy atom. The molecule has 0 aromatic rings. The van der Waals surface area contributed by atoms with Crippen LogP contribution in [0.15, 0.2) is 0 Å². The zero-order chi connectivity index (χ0) is 14.0. The van der Waals surface area contributed by atoms with Gasteiger partial charge in [-0.2, -0.15) is 0 Å². The lowest BCUT2D eigenvalue weighted by Crippen LogP contribution is -2.55. The van der Waals surface area contributed by atoms with Crippen LogP contribution in [0.4, 0.5) is 0 Å². The van der Waals surface area contributed by atoms with Crippen LogP contribution in [-0.4, -0.2) is 34.1 Å². The third-order valence-corrected chi connectivity index (χ3v) is 7.73. The van der Waals surface area contributed by atoms with Crippen LogP contribution in [0.3, 0.4) is 0 Å². The van der Waals surface area contributed by atoms with Gasteiger partial charge in [0.15, 0.2) is 0 Å². The molecule has 1 aliphatic rings. The Hall–Kier alpha value is 0.0969. The quantitative estimate of drug-likeness (QED) is 0.359. The van der Waals surface area contributed by atoms with Crippen LogP contribution in [0.1, 0.15) is 59.3 Å². The minimum absolute atomic E-state index is 0.354. The molecule has 0 bridgehead atoms.